The molecule has 3 aromatic carbocycles. The molecule has 6 amide bonds. The molecule has 19 heteroatoms. The summed E-state index contributed by atoms with van der Waals surface area (Å²) in [7, 11) is 1.69. The molecule has 4 aromatic rings. The molecule has 17 nitrogen and oxygen atoms in total. The van der Waals surface area contributed by atoms with Crippen molar-refractivity contribution in [1.29, 1.82) is 0 Å². The first-order chi connectivity index (χ1) is 28.1. The SMILES string of the molecule is CCN1CCN(C(=O)N[C@H](C(=O)N[C@@H]2C(=O)N3C(C(=O)OC(c4ccccc4)c4ccccc4)=C(CSc4nnnn4C)CS[C@@H]23)c2ccc(CN)cc2)C(=O)C1=O. The maximum atomic E-state index is 14.4. The second-order valence-corrected chi connectivity index (χ2v) is 15.5. The van der Waals surface area contributed by atoms with E-state index in [-0.39, 0.29) is 31.1 Å². The van der Waals surface area contributed by atoms with Crippen molar-refractivity contribution in [1.82, 2.24) is 45.5 Å². The molecule has 1 aromatic heterocycles. The maximum Gasteiger partial charge on any atom is 0.356 e. The third kappa shape index (κ3) is 8.18. The molecule has 4 heterocycles. The number of nitrogens with two attached hydrogens (primary N) is 1. The van der Waals surface area contributed by atoms with E-state index in [1.54, 1.807) is 38.2 Å². The van der Waals surface area contributed by atoms with E-state index in [1.165, 1.54) is 38.0 Å². The second-order valence-electron chi connectivity index (χ2n) is 13.5. The molecule has 2 saturated heterocycles. The number of ether oxygens (including phenoxy) is 1. The van der Waals surface area contributed by atoms with Crippen LogP contribution >= 0.6 is 23.5 Å². The van der Waals surface area contributed by atoms with Crippen LogP contribution in [0.5, 0.6) is 0 Å². The van der Waals surface area contributed by atoms with Gasteiger partial charge in [-0.2, -0.15) is 0 Å². The van der Waals surface area contributed by atoms with E-state index < -0.39 is 59.2 Å². The normalized spacial score (nSPS) is 18.5. The first-order valence-corrected chi connectivity index (χ1v) is 20.5. The molecule has 4 N–H and O–H groups in total. The van der Waals surface area contributed by atoms with E-state index in [0.717, 1.165) is 21.6 Å². The van der Waals surface area contributed by atoms with Crippen molar-refractivity contribution >= 4 is 59.2 Å². The van der Waals surface area contributed by atoms with Crippen LogP contribution in [0.3, 0.4) is 0 Å². The van der Waals surface area contributed by atoms with Gasteiger partial charge >= 0.3 is 23.8 Å². The molecule has 3 aliphatic heterocycles. The minimum absolute atomic E-state index is 0.0616. The summed E-state index contributed by atoms with van der Waals surface area (Å²) in [6.45, 7) is 2.35. The third-order valence-corrected chi connectivity index (χ3v) is 12.4. The minimum atomic E-state index is -1.37. The van der Waals surface area contributed by atoms with Crippen molar-refractivity contribution < 1.29 is 33.5 Å². The Hall–Kier alpha value is -6.05. The van der Waals surface area contributed by atoms with E-state index in [1.807, 2.05) is 60.7 Å². The van der Waals surface area contributed by atoms with Gasteiger partial charge in [-0.25, -0.2) is 14.3 Å². The number of β-lactam (4-membered cyclic amide) rings is 1. The van der Waals surface area contributed by atoms with E-state index in [4.69, 9.17) is 10.5 Å². The lowest BCUT2D eigenvalue weighted by Gasteiger charge is -2.50. The zero-order valence-corrected chi connectivity index (χ0v) is 33.2. The number of piperazine rings is 1. The molecule has 0 saturated carbocycles. The summed E-state index contributed by atoms with van der Waals surface area (Å²) in [4.78, 5) is 85.1. The van der Waals surface area contributed by atoms with Crippen LogP contribution in [0, 0.1) is 0 Å². The number of amides is 6. The number of hydrogen-bond acceptors (Lipinski definition) is 13. The summed E-state index contributed by atoms with van der Waals surface area (Å²) in [6.07, 6.45) is -0.790. The zero-order valence-electron chi connectivity index (χ0n) is 31.5. The Morgan fingerprint density at radius 3 is 2.21 bits per heavy atom. The number of carbonyl (C=O) groups excluding carboxylic acids is 6. The fourth-order valence-electron chi connectivity index (χ4n) is 6.78. The van der Waals surface area contributed by atoms with E-state index in [0.29, 0.717) is 28.6 Å². The van der Waals surface area contributed by atoms with Gasteiger partial charge in [0.1, 0.15) is 23.2 Å². The highest BCUT2D eigenvalue weighted by atomic mass is 32.2. The molecule has 7 rings (SSSR count). The number of carbonyl (C=O) groups is 6. The molecular formula is C39H40N10O7S2. The van der Waals surface area contributed by atoms with Crippen LogP contribution in [0.2, 0.25) is 0 Å². The number of aromatic nitrogens is 4. The number of aryl methyl sites for hydroxylation is 1. The van der Waals surface area contributed by atoms with Gasteiger partial charge in [0, 0.05) is 44.7 Å². The number of tetrazole rings is 1. The lowest BCUT2D eigenvalue weighted by molar-refractivity contribution is -0.155. The van der Waals surface area contributed by atoms with Gasteiger partial charge in [-0.15, -0.1) is 16.9 Å². The molecule has 58 heavy (non-hydrogen) atoms. The average Bonchev–Trinajstić information content (AvgIpc) is 3.67. The molecular weight excluding hydrogens is 785 g/mol. The highest BCUT2D eigenvalue weighted by molar-refractivity contribution is 8.01. The number of nitrogens with zero attached hydrogens (tertiary/aromatic N) is 7. The molecule has 0 aliphatic carbocycles. The van der Waals surface area contributed by atoms with E-state index in [9.17, 15) is 28.8 Å². The lowest BCUT2D eigenvalue weighted by atomic mass is 9.99. The van der Waals surface area contributed by atoms with Gasteiger partial charge in [0.2, 0.25) is 11.1 Å². The average molecular weight is 825 g/mol. The quantitative estimate of drug-likeness (QED) is 0.0762. The van der Waals surface area contributed by atoms with Gasteiger partial charge < -0.3 is 26.0 Å². The third-order valence-electron chi connectivity index (χ3n) is 9.94. The van der Waals surface area contributed by atoms with Crippen molar-refractivity contribution in [2.45, 2.75) is 42.2 Å². The number of fused-ring (bicyclic) bond motifs is 1. The molecule has 3 aliphatic rings. The van der Waals surface area contributed by atoms with Gasteiger partial charge in [0.25, 0.3) is 5.91 Å². The van der Waals surface area contributed by atoms with Crippen molar-refractivity contribution in [3.05, 3.63) is 118 Å². The molecule has 0 spiro atoms. The van der Waals surface area contributed by atoms with E-state index >= 15 is 0 Å². The summed E-state index contributed by atoms with van der Waals surface area (Å²) >= 11 is 2.65. The largest absolute Gasteiger partial charge is 0.448 e. The molecule has 0 radical (unpaired) electrons. The van der Waals surface area contributed by atoms with Crippen LogP contribution in [-0.4, -0.2) is 113 Å². The zero-order chi connectivity index (χ0) is 40.9. The minimum Gasteiger partial charge on any atom is -0.448 e. The van der Waals surface area contributed by atoms with Crippen molar-refractivity contribution in [3.8, 4) is 0 Å². The highest BCUT2D eigenvalue weighted by Gasteiger charge is 2.55. The Morgan fingerprint density at radius 1 is 0.931 bits per heavy atom. The first kappa shape index (κ1) is 40.2. The van der Waals surface area contributed by atoms with Gasteiger partial charge in [0.05, 0.1) is 0 Å². The molecule has 3 atom stereocenters. The Morgan fingerprint density at radius 2 is 1.60 bits per heavy atom. The molecule has 0 bridgehead atoms. The van der Waals surface area contributed by atoms with Gasteiger partial charge in [-0.1, -0.05) is 96.7 Å². The van der Waals surface area contributed by atoms with Crippen molar-refractivity contribution in [3.63, 3.8) is 0 Å². The van der Waals surface area contributed by atoms with Gasteiger partial charge in [0.15, 0.2) is 6.10 Å². The lowest BCUT2D eigenvalue weighted by Crippen LogP contribution is -2.71. The van der Waals surface area contributed by atoms with Gasteiger partial charge in [-0.05, 0) is 45.2 Å². The fraction of sp³-hybridized carbons (Fsp3) is 0.308. The number of esters is 1. The van der Waals surface area contributed by atoms with Crippen molar-refractivity contribution in [2.75, 3.05) is 31.1 Å². The fourth-order valence-corrected chi connectivity index (χ4v) is 9.11. The molecule has 300 valence electrons. The summed E-state index contributed by atoms with van der Waals surface area (Å²) in [6, 6.07) is 21.8. The van der Waals surface area contributed by atoms with Crippen LogP contribution in [0.15, 0.2) is 101 Å². The number of thioether (sulfide) groups is 2. The van der Waals surface area contributed by atoms with Crippen LogP contribution in [-0.2, 0) is 42.3 Å². The number of urea groups is 1. The van der Waals surface area contributed by atoms with Crippen molar-refractivity contribution in [2.24, 2.45) is 12.8 Å². The van der Waals surface area contributed by atoms with Crippen LogP contribution in [0.25, 0.3) is 0 Å². The van der Waals surface area contributed by atoms with E-state index in [2.05, 4.69) is 26.2 Å². The number of benzene rings is 3. The topological polar surface area (TPSA) is 215 Å². The predicted molar refractivity (Wildman–Crippen MR) is 212 cm³/mol. The Balaban J connectivity index is 1.14. The Kier molecular flexibility index (Phi) is 12.2. The summed E-state index contributed by atoms with van der Waals surface area (Å²) < 4.78 is 7.76. The smallest absolute Gasteiger partial charge is 0.356 e. The number of rotatable bonds is 13. The van der Waals surface area contributed by atoms with Crippen LogP contribution in [0.4, 0.5) is 4.79 Å². The number of imide groups is 1. The first-order valence-electron chi connectivity index (χ1n) is 18.4. The van der Waals surface area contributed by atoms with Crippen LogP contribution < -0.4 is 16.4 Å². The Labute approximate surface area is 341 Å². The molecule has 0 unspecified atom stereocenters. The standard InChI is InChI=1S/C39H40N10O7S2/c1-3-47-18-19-48(35(53)34(47)52)38(55)42-28(24-16-14-23(20-40)15-17-24)32(50)41-29-33(51)49-30(27(21-57-36(29)49)22-58-39-43-44-45-46(39)2)37(54)56-31(25-10-6-4-7-11-25)26-12-8-5-9-13-26/h4-17,28-29,31,36H,3,18-22,40H2,1-2H3,(H,41,50)(H,42,55)/t28-,29+,36-/m0/s1. The summed E-state index contributed by atoms with van der Waals surface area (Å²) in [5.41, 5.74) is 9.06. The summed E-state index contributed by atoms with van der Waals surface area (Å²) in [5.74, 6) is -3.28. The number of likely N-dealkylation sites (N-methyl/N-ethyl adjacent to an activating group) is 1. The predicted octanol–water partition coefficient (Wildman–Crippen LogP) is 1.89. The number of nitrogens with one attached hydrogen (secondary N) is 2. The second kappa shape index (κ2) is 17.6. The Bertz CT molecular complexity index is 2200. The van der Waals surface area contributed by atoms with Crippen LogP contribution in [0.1, 0.15) is 41.3 Å². The van der Waals surface area contributed by atoms with Gasteiger partial charge in [-0.3, -0.25) is 29.0 Å². The summed E-state index contributed by atoms with van der Waals surface area (Å²) in [5, 5.41) is 16.8. The monoisotopic (exact) mass is 824 g/mol. The molecule has 2 fully saturated rings. The number of hydrogen-bond donors (Lipinski definition) is 3. The highest BCUT2D eigenvalue weighted by Crippen LogP contribution is 2.43. The maximum absolute atomic E-state index is 14.4.